The Bertz CT molecular complexity index is 1380. The number of benzene rings is 1. The first kappa shape index (κ1) is 29.0. The maximum atomic E-state index is 12.7. The van der Waals surface area contributed by atoms with Crippen LogP contribution in [0.15, 0.2) is 42.4 Å². The topological polar surface area (TPSA) is 101 Å². The zero-order valence-electron chi connectivity index (χ0n) is 23.6. The van der Waals surface area contributed by atoms with E-state index < -0.39 is 5.60 Å². The van der Waals surface area contributed by atoms with Crippen LogP contribution >= 0.6 is 22.9 Å². The number of halogens is 1. The number of rotatable bonds is 7. The molecule has 3 aromatic rings. The fourth-order valence-electron chi connectivity index (χ4n) is 5.07. The number of aromatic nitrogens is 1. The van der Waals surface area contributed by atoms with Gasteiger partial charge in [-0.3, -0.25) is 4.98 Å². The van der Waals surface area contributed by atoms with Gasteiger partial charge in [0.1, 0.15) is 5.60 Å². The Labute approximate surface area is 240 Å². The molecule has 3 heterocycles. The van der Waals surface area contributed by atoms with Crippen LogP contribution in [0, 0.1) is 0 Å². The molecular formula is C29H39ClN6O2S. The predicted molar refractivity (Wildman–Crippen MR) is 162 cm³/mol. The average molecular weight is 571 g/mol. The molecule has 4 N–H and O–H groups in total. The Hall–Kier alpha value is -3.01. The number of hydrogen-bond acceptors (Lipinski definition) is 8. The molecule has 4 rings (SSSR count). The van der Waals surface area contributed by atoms with Crippen molar-refractivity contribution in [2.75, 3.05) is 32.1 Å². The van der Waals surface area contributed by atoms with Crippen LogP contribution < -0.4 is 16.5 Å². The number of carbonyl (C=O) groups is 1. The molecule has 39 heavy (non-hydrogen) atoms. The summed E-state index contributed by atoms with van der Waals surface area (Å²) in [5.74, 6) is 5.73. The van der Waals surface area contributed by atoms with Gasteiger partial charge >= 0.3 is 6.09 Å². The minimum atomic E-state index is -0.521. The molecule has 0 spiro atoms. The first-order valence-corrected chi connectivity index (χ1v) is 14.4. The largest absolute Gasteiger partial charge is 0.444 e. The quantitative estimate of drug-likeness (QED) is 0.274. The van der Waals surface area contributed by atoms with Crippen LogP contribution in [-0.2, 0) is 17.6 Å². The van der Waals surface area contributed by atoms with Gasteiger partial charge in [0.2, 0.25) is 0 Å². The summed E-state index contributed by atoms with van der Waals surface area (Å²) in [5.41, 5.74) is 11.7. The van der Waals surface area contributed by atoms with Crippen molar-refractivity contribution in [2.45, 2.75) is 58.6 Å². The molecule has 0 bridgehead atoms. The normalized spacial score (nSPS) is 16.2. The Balaban J connectivity index is 1.72. The number of hydrazine groups is 1. The number of nitrogens with two attached hydrogens (primary N) is 2. The van der Waals surface area contributed by atoms with E-state index in [1.807, 2.05) is 39.1 Å². The van der Waals surface area contributed by atoms with Gasteiger partial charge in [0.15, 0.2) is 0 Å². The standard InChI is InChI=1S/C29H39ClN6O2S/c1-7-18-12-19(30)13-24(26(18)35(6)21-9-11-36(17-21)28(37)38-29(2,3)4)23-8-10-33-25-15-22(39-27(23)25)14-20(31)16-34(5)32/h8,10,12-13,15-16,21H,7,9,11,14,17,31-32H2,1-6H3/b20-16-. The number of thiophene rings is 1. The first-order valence-electron chi connectivity index (χ1n) is 13.2. The maximum absolute atomic E-state index is 12.7. The van der Waals surface area contributed by atoms with Crippen LogP contribution in [0.2, 0.25) is 5.02 Å². The molecule has 0 radical (unpaired) electrons. The number of carbonyl (C=O) groups excluding carboxylic acids is 1. The Morgan fingerprint density at radius 3 is 2.69 bits per heavy atom. The summed E-state index contributed by atoms with van der Waals surface area (Å²) in [4.78, 5) is 22.6. The van der Waals surface area contributed by atoms with E-state index in [1.165, 1.54) is 5.01 Å². The zero-order valence-corrected chi connectivity index (χ0v) is 25.2. The van der Waals surface area contributed by atoms with Crippen molar-refractivity contribution in [3.05, 3.63) is 57.8 Å². The van der Waals surface area contributed by atoms with Crippen LogP contribution in [0.4, 0.5) is 10.5 Å². The summed E-state index contributed by atoms with van der Waals surface area (Å²) in [7, 11) is 3.86. The van der Waals surface area contributed by atoms with Crippen LogP contribution in [0.5, 0.6) is 0 Å². The van der Waals surface area contributed by atoms with Gasteiger partial charge < -0.3 is 25.3 Å². The minimum absolute atomic E-state index is 0.150. The third kappa shape index (κ3) is 6.77. The summed E-state index contributed by atoms with van der Waals surface area (Å²) >= 11 is 8.36. The van der Waals surface area contributed by atoms with E-state index in [1.54, 1.807) is 29.5 Å². The van der Waals surface area contributed by atoms with Crippen molar-refractivity contribution in [1.82, 2.24) is 14.9 Å². The molecule has 1 aliphatic rings. The van der Waals surface area contributed by atoms with Gasteiger partial charge in [-0.1, -0.05) is 18.5 Å². The molecule has 210 valence electrons. The number of ether oxygens (including phenoxy) is 1. The fourth-order valence-corrected chi connectivity index (χ4v) is 6.49. The molecule has 1 amide bonds. The highest BCUT2D eigenvalue weighted by Gasteiger charge is 2.33. The smallest absolute Gasteiger partial charge is 0.410 e. The van der Waals surface area contributed by atoms with Gasteiger partial charge in [0.25, 0.3) is 0 Å². The van der Waals surface area contributed by atoms with Gasteiger partial charge in [-0.25, -0.2) is 10.6 Å². The van der Waals surface area contributed by atoms with E-state index in [4.69, 9.17) is 27.9 Å². The molecule has 1 atom stereocenters. The van der Waals surface area contributed by atoms with Crippen LogP contribution in [-0.4, -0.2) is 59.8 Å². The van der Waals surface area contributed by atoms with Crippen molar-refractivity contribution in [2.24, 2.45) is 11.6 Å². The Morgan fingerprint density at radius 2 is 2.03 bits per heavy atom. The summed E-state index contributed by atoms with van der Waals surface area (Å²) < 4.78 is 6.72. The second-order valence-corrected chi connectivity index (χ2v) is 12.7. The lowest BCUT2D eigenvalue weighted by Gasteiger charge is -2.31. The van der Waals surface area contributed by atoms with Crippen LogP contribution in [0.3, 0.4) is 0 Å². The van der Waals surface area contributed by atoms with E-state index in [-0.39, 0.29) is 12.1 Å². The number of pyridine rings is 1. The number of allylic oxidation sites excluding steroid dienone is 1. The van der Waals surface area contributed by atoms with E-state index >= 15 is 0 Å². The predicted octanol–water partition coefficient (Wildman–Crippen LogP) is 5.77. The molecule has 1 aromatic carbocycles. The number of hydrogen-bond donors (Lipinski definition) is 2. The molecule has 0 aliphatic carbocycles. The van der Waals surface area contributed by atoms with Crippen molar-refractivity contribution in [3.8, 4) is 11.1 Å². The molecular weight excluding hydrogens is 532 g/mol. The first-order chi connectivity index (χ1) is 18.4. The summed E-state index contributed by atoms with van der Waals surface area (Å²) in [6, 6.07) is 8.38. The van der Waals surface area contributed by atoms with Crippen molar-refractivity contribution in [1.29, 1.82) is 0 Å². The summed E-state index contributed by atoms with van der Waals surface area (Å²) in [5, 5.41) is 2.15. The number of anilines is 1. The van der Waals surface area contributed by atoms with E-state index in [0.717, 1.165) is 50.3 Å². The molecule has 2 aromatic heterocycles. The molecule has 1 unspecified atom stereocenters. The van der Waals surface area contributed by atoms with Gasteiger partial charge in [0, 0.05) is 84.5 Å². The molecule has 1 fully saturated rings. The molecule has 10 heteroatoms. The van der Waals surface area contributed by atoms with Crippen molar-refractivity contribution in [3.63, 3.8) is 0 Å². The van der Waals surface area contributed by atoms with Gasteiger partial charge in [-0.2, -0.15) is 0 Å². The van der Waals surface area contributed by atoms with E-state index in [0.29, 0.717) is 30.2 Å². The number of nitrogens with zero attached hydrogens (tertiary/aromatic N) is 4. The Morgan fingerprint density at radius 1 is 1.28 bits per heavy atom. The van der Waals surface area contributed by atoms with Crippen molar-refractivity contribution < 1.29 is 9.53 Å². The highest BCUT2D eigenvalue weighted by molar-refractivity contribution is 7.19. The lowest BCUT2D eigenvalue weighted by atomic mass is 9.97. The average Bonchev–Trinajstić information content (AvgIpc) is 3.48. The fraction of sp³-hybridized carbons (Fsp3) is 0.448. The highest BCUT2D eigenvalue weighted by atomic mass is 35.5. The molecule has 1 aliphatic heterocycles. The molecule has 8 nitrogen and oxygen atoms in total. The number of likely N-dealkylation sites (N-methyl/N-ethyl adjacent to an activating group) is 1. The summed E-state index contributed by atoms with van der Waals surface area (Å²) in [6.45, 7) is 9.09. The Kier molecular flexibility index (Phi) is 8.63. The van der Waals surface area contributed by atoms with Gasteiger partial charge in [-0.05, 0) is 63.4 Å². The van der Waals surface area contributed by atoms with E-state index in [9.17, 15) is 4.79 Å². The SMILES string of the molecule is CCc1cc(Cl)cc(-c2ccnc3cc(C/C(N)=C/N(C)N)sc23)c1N(C)C1CCN(C(=O)OC(C)(C)C)C1. The monoisotopic (exact) mass is 570 g/mol. The lowest BCUT2D eigenvalue weighted by Crippen LogP contribution is -2.39. The second-order valence-electron chi connectivity index (χ2n) is 11.1. The van der Waals surface area contributed by atoms with Crippen LogP contribution in [0.25, 0.3) is 21.3 Å². The zero-order chi connectivity index (χ0) is 28.5. The minimum Gasteiger partial charge on any atom is -0.444 e. The number of fused-ring (bicyclic) bond motifs is 1. The highest BCUT2D eigenvalue weighted by Crippen LogP contribution is 2.43. The molecule has 0 saturated carbocycles. The van der Waals surface area contributed by atoms with Gasteiger partial charge in [-0.15, -0.1) is 11.3 Å². The lowest BCUT2D eigenvalue weighted by molar-refractivity contribution is 0.0292. The van der Waals surface area contributed by atoms with Crippen LogP contribution in [0.1, 0.15) is 44.6 Å². The number of aryl methyl sites for hydroxylation is 1. The maximum Gasteiger partial charge on any atom is 0.410 e. The third-order valence-electron chi connectivity index (χ3n) is 6.75. The number of likely N-dealkylation sites (tertiary alicyclic amines) is 1. The van der Waals surface area contributed by atoms with Gasteiger partial charge in [0.05, 0.1) is 10.2 Å². The molecule has 1 saturated heterocycles. The third-order valence-corrected chi connectivity index (χ3v) is 8.13. The summed E-state index contributed by atoms with van der Waals surface area (Å²) in [6.07, 6.45) is 5.58. The van der Waals surface area contributed by atoms with E-state index in [2.05, 4.69) is 36.0 Å². The second kappa shape index (κ2) is 11.6. The van der Waals surface area contributed by atoms with Crippen molar-refractivity contribution >= 4 is 44.9 Å². The number of amides is 1.